The van der Waals surface area contributed by atoms with E-state index in [9.17, 15) is 20.4 Å². The molecule has 6 nitrogen and oxygen atoms in total. The molecule has 0 aromatic heterocycles. The Morgan fingerprint density at radius 3 is 2.38 bits per heavy atom. The maximum absolute atomic E-state index is 10.5. The molecule has 4 aliphatic carbocycles. The van der Waals surface area contributed by atoms with Crippen LogP contribution in [0.15, 0.2) is 11.6 Å². The van der Waals surface area contributed by atoms with Crippen LogP contribution in [0.25, 0.3) is 0 Å². The van der Waals surface area contributed by atoms with Crippen molar-refractivity contribution in [2.75, 3.05) is 6.61 Å². The lowest BCUT2D eigenvalue weighted by molar-refractivity contribution is -0.313. The molecular formula is C34H58O6. The fourth-order valence-electron chi connectivity index (χ4n) is 10.1. The summed E-state index contributed by atoms with van der Waals surface area (Å²) in [4.78, 5) is 0. The summed E-state index contributed by atoms with van der Waals surface area (Å²) in [6, 6.07) is 0. The monoisotopic (exact) mass is 562 g/mol. The second kappa shape index (κ2) is 11.9. The fourth-order valence-corrected chi connectivity index (χ4v) is 10.1. The first kappa shape index (κ1) is 30.9. The molecule has 0 aromatic rings. The van der Waals surface area contributed by atoms with E-state index in [1.807, 2.05) is 0 Å². The van der Waals surface area contributed by atoms with Crippen molar-refractivity contribution in [1.82, 2.24) is 0 Å². The molecule has 0 bridgehead atoms. The molecule has 14 atom stereocenters. The SMILES string of the molecule is CC(C)[C@@H](C)CC[C@@H](C)[C@H]1CC[C@@H]2[C@@H]3CC=C4C[C@@H](O[C@@H]5O[C@H](CO)[C@@H](O)[C@H](O)[C@H]5O)CC[C@]4(C)[C@H]3CC[C@@]21C. The minimum absolute atomic E-state index is 0.101. The van der Waals surface area contributed by atoms with Gasteiger partial charge in [0.2, 0.25) is 0 Å². The summed E-state index contributed by atoms with van der Waals surface area (Å²) in [6.07, 6.45) is 8.56. The van der Waals surface area contributed by atoms with E-state index in [2.05, 4.69) is 47.6 Å². The molecule has 4 fully saturated rings. The van der Waals surface area contributed by atoms with Gasteiger partial charge in [-0.15, -0.1) is 0 Å². The topological polar surface area (TPSA) is 99.4 Å². The minimum atomic E-state index is -1.40. The molecule has 5 aliphatic rings. The quantitative estimate of drug-likeness (QED) is 0.293. The Bertz CT molecular complexity index is 903. The predicted molar refractivity (Wildman–Crippen MR) is 156 cm³/mol. The van der Waals surface area contributed by atoms with E-state index in [1.54, 1.807) is 0 Å². The standard InChI is InChI=1S/C34H58O6/c1-19(2)20(3)7-8-21(4)25-11-12-26-24-10-9-22-17-23(13-15-33(22,5)27(24)14-16-34(25,26)6)39-32-31(38)30(37)29(36)28(18-35)40-32/h9,19-21,23-32,35-38H,7-8,10-18H2,1-6H3/t20-,21+,23-,24-,25+,26+,27-,28+,29+,30-,31+,32+,33-,34+/m0/s1. The molecule has 40 heavy (non-hydrogen) atoms. The van der Waals surface area contributed by atoms with Gasteiger partial charge in [0.25, 0.3) is 0 Å². The van der Waals surface area contributed by atoms with Crippen molar-refractivity contribution in [3.8, 4) is 0 Å². The lowest BCUT2D eigenvalue weighted by atomic mass is 9.47. The van der Waals surface area contributed by atoms with Gasteiger partial charge in [0, 0.05) is 0 Å². The Kier molecular flexibility index (Phi) is 9.19. The molecular weight excluding hydrogens is 504 g/mol. The summed E-state index contributed by atoms with van der Waals surface area (Å²) in [7, 11) is 0. The van der Waals surface area contributed by atoms with Crippen molar-refractivity contribution in [1.29, 1.82) is 0 Å². The maximum Gasteiger partial charge on any atom is 0.186 e. The number of aliphatic hydroxyl groups excluding tert-OH is 4. The Morgan fingerprint density at radius 1 is 0.925 bits per heavy atom. The van der Waals surface area contributed by atoms with Crippen LogP contribution in [0.4, 0.5) is 0 Å². The van der Waals surface area contributed by atoms with Crippen LogP contribution in [-0.4, -0.2) is 63.8 Å². The summed E-state index contributed by atoms with van der Waals surface area (Å²) in [6.45, 7) is 14.4. The highest BCUT2D eigenvalue weighted by Crippen LogP contribution is 2.67. The van der Waals surface area contributed by atoms with Crippen molar-refractivity contribution in [3.63, 3.8) is 0 Å². The molecule has 0 radical (unpaired) electrons. The molecule has 3 saturated carbocycles. The van der Waals surface area contributed by atoms with E-state index in [0.717, 1.165) is 60.7 Å². The molecule has 5 rings (SSSR count). The second-order valence-corrected chi connectivity index (χ2v) is 15.5. The smallest absolute Gasteiger partial charge is 0.186 e. The van der Waals surface area contributed by atoms with Crippen LogP contribution < -0.4 is 0 Å². The van der Waals surface area contributed by atoms with E-state index < -0.39 is 37.3 Å². The van der Waals surface area contributed by atoms with Crippen LogP contribution in [0.1, 0.15) is 106 Å². The van der Waals surface area contributed by atoms with Crippen LogP contribution in [0, 0.1) is 52.3 Å². The first-order chi connectivity index (χ1) is 18.9. The second-order valence-electron chi connectivity index (χ2n) is 15.5. The van der Waals surface area contributed by atoms with E-state index in [-0.39, 0.29) is 11.5 Å². The molecule has 0 aromatic carbocycles. The summed E-state index contributed by atoms with van der Waals surface area (Å²) in [5.41, 5.74) is 2.19. The largest absolute Gasteiger partial charge is 0.394 e. The van der Waals surface area contributed by atoms with Crippen LogP contribution in [0.5, 0.6) is 0 Å². The molecule has 0 unspecified atom stereocenters. The minimum Gasteiger partial charge on any atom is -0.394 e. The number of hydrogen-bond acceptors (Lipinski definition) is 6. The Labute approximate surface area is 242 Å². The van der Waals surface area contributed by atoms with Crippen molar-refractivity contribution in [2.24, 2.45) is 52.3 Å². The van der Waals surface area contributed by atoms with E-state index >= 15 is 0 Å². The lowest BCUT2D eigenvalue weighted by Gasteiger charge is -2.58. The molecule has 4 N–H and O–H groups in total. The molecule has 6 heteroatoms. The Morgan fingerprint density at radius 2 is 1.68 bits per heavy atom. The van der Waals surface area contributed by atoms with Crippen molar-refractivity contribution < 1.29 is 29.9 Å². The van der Waals surface area contributed by atoms with Gasteiger partial charge in [0.05, 0.1) is 12.7 Å². The Hall–Kier alpha value is -0.500. The molecule has 1 heterocycles. The van der Waals surface area contributed by atoms with Gasteiger partial charge in [0.15, 0.2) is 6.29 Å². The summed E-state index contributed by atoms with van der Waals surface area (Å²) >= 11 is 0. The van der Waals surface area contributed by atoms with Crippen LogP contribution in [0.2, 0.25) is 0 Å². The van der Waals surface area contributed by atoms with Crippen LogP contribution >= 0.6 is 0 Å². The first-order valence-corrected chi connectivity index (χ1v) is 16.6. The number of fused-ring (bicyclic) bond motifs is 5. The fraction of sp³-hybridized carbons (Fsp3) is 0.941. The van der Waals surface area contributed by atoms with Gasteiger partial charge in [-0.1, -0.05) is 66.0 Å². The molecule has 0 spiro atoms. The van der Waals surface area contributed by atoms with Gasteiger partial charge in [-0.25, -0.2) is 0 Å². The molecule has 1 saturated heterocycles. The highest BCUT2D eigenvalue weighted by molar-refractivity contribution is 5.25. The number of hydrogen-bond donors (Lipinski definition) is 4. The molecule has 0 amide bonds. The van der Waals surface area contributed by atoms with Gasteiger partial charge < -0.3 is 29.9 Å². The Balaban J connectivity index is 1.24. The van der Waals surface area contributed by atoms with Crippen molar-refractivity contribution >= 4 is 0 Å². The lowest BCUT2D eigenvalue weighted by Crippen LogP contribution is -2.60. The van der Waals surface area contributed by atoms with Gasteiger partial charge >= 0.3 is 0 Å². The number of allylic oxidation sites excluding steroid dienone is 1. The summed E-state index contributed by atoms with van der Waals surface area (Å²) in [5.74, 6) is 5.60. The third-order valence-electron chi connectivity index (χ3n) is 13.2. The number of aliphatic hydroxyl groups is 4. The molecule has 1 aliphatic heterocycles. The first-order valence-electron chi connectivity index (χ1n) is 16.6. The maximum atomic E-state index is 10.5. The normalized spacial score (nSPS) is 48.6. The molecule has 230 valence electrons. The van der Waals surface area contributed by atoms with E-state index in [4.69, 9.17) is 9.47 Å². The van der Waals surface area contributed by atoms with Gasteiger partial charge in [-0.3, -0.25) is 0 Å². The van der Waals surface area contributed by atoms with Crippen molar-refractivity contribution in [2.45, 2.75) is 143 Å². The average molecular weight is 563 g/mol. The highest BCUT2D eigenvalue weighted by Gasteiger charge is 2.59. The van der Waals surface area contributed by atoms with Gasteiger partial charge in [-0.05, 0) is 104 Å². The summed E-state index contributed by atoms with van der Waals surface area (Å²) < 4.78 is 11.9. The summed E-state index contributed by atoms with van der Waals surface area (Å²) in [5, 5.41) is 40.3. The highest BCUT2D eigenvalue weighted by atomic mass is 16.7. The van der Waals surface area contributed by atoms with Gasteiger partial charge in [-0.2, -0.15) is 0 Å². The van der Waals surface area contributed by atoms with Gasteiger partial charge in [0.1, 0.15) is 24.4 Å². The van der Waals surface area contributed by atoms with E-state index in [0.29, 0.717) is 5.41 Å². The zero-order valence-electron chi connectivity index (χ0n) is 26.0. The van der Waals surface area contributed by atoms with Crippen LogP contribution in [0.3, 0.4) is 0 Å². The van der Waals surface area contributed by atoms with E-state index in [1.165, 1.54) is 50.5 Å². The number of ether oxygens (including phenoxy) is 2. The zero-order chi connectivity index (χ0) is 29.0. The third kappa shape index (κ3) is 5.36. The van der Waals surface area contributed by atoms with Crippen molar-refractivity contribution in [3.05, 3.63) is 11.6 Å². The number of rotatable bonds is 8. The van der Waals surface area contributed by atoms with Crippen LogP contribution in [-0.2, 0) is 9.47 Å². The predicted octanol–water partition coefficient (Wildman–Crippen LogP) is 5.46. The third-order valence-corrected chi connectivity index (χ3v) is 13.2. The average Bonchev–Trinajstić information content (AvgIpc) is 3.29. The zero-order valence-corrected chi connectivity index (χ0v) is 26.0.